The van der Waals surface area contributed by atoms with E-state index in [4.69, 9.17) is 42.6 Å². The van der Waals surface area contributed by atoms with Crippen molar-refractivity contribution < 1.29 is 32.6 Å². The van der Waals surface area contributed by atoms with Gasteiger partial charge in [-0.05, 0) is 38.5 Å². The van der Waals surface area contributed by atoms with Crippen molar-refractivity contribution in [2.75, 3.05) is 47.5 Å². The van der Waals surface area contributed by atoms with Crippen LogP contribution in [0.2, 0.25) is 0 Å². The first-order valence-electron chi connectivity index (χ1n) is 16.0. The van der Waals surface area contributed by atoms with Crippen molar-refractivity contribution in [3.8, 4) is 0 Å². The molecule has 0 aromatic carbocycles. The van der Waals surface area contributed by atoms with Crippen molar-refractivity contribution in [2.24, 2.45) is 0 Å². The summed E-state index contributed by atoms with van der Waals surface area (Å²) in [7, 11) is 6.16. The first-order chi connectivity index (χ1) is 20.0. The van der Waals surface area contributed by atoms with Gasteiger partial charge in [0.25, 0.3) is 0 Å². The van der Waals surface area contributed by atoms with Crippen LogP contribution in [-0.4, -0.2) is 70.0 Å². The van der Waals surface area contributed by atoms with Crippen molar-refractivity contribution in [1.82, 2.24) is 0 Å². The van der Waals surface area contributed by atoms with Gasteiger partial charge < -0.3 is 35.3 Å². The maximum absolute atomic E-state index is 12.6. The van der Waals surface area contributed by atoms with E-state index in [-0.39, 0.29) is 25.2 Å². The molecule has 7 nitrogen and oxygen atoms in total. The number of hydrogen-bond acceptors (Lipinski definition) is 8. The minimum absolute atomic E-state index is 0.0548. The van der Waals surface area contributed by atoms with Crippen molar-refractivity contribution >= 4 is 41.7 Å². The molecule has 0 heterocycles. The SMILES string of the molecule is C=CCCCCCCCCCC(=O)OCC(COP(=S)([S-])OCC[N+](C)(C)C)OC(=O)CCCCCCCCCC=C. The van der Waals surface area contributed by atoms with E-state index in [0.29, 0.717) is 23.9 Å². The Hall–Kier alpha value is -0.700. The number of allylic oxidation sites excluding steroid dienone is 2. The quantitative estimate of drug-likeness (QED) is 0.0192. The van der Waals surface area contributed by atoms with E-state index in [2.05, 4.69) is 34.3 Å². The second-order valence-corrected chi connectivity index (χ2v) is 17.0. The van der Waals surface area contributed by atoms with Crippen LogP contribution < -0.4 is 0 Å². The molecule has 0 aliphatic heterocycles. The summed E-state index contributed by atoms with van der Waals surface area (Å²) in [4.78, 5) is 24.9. The maximum Gasteiger partial charge on any atom is 0.306 e. The number of hydrogen-bond donors (Lipinski definition) is 0. The van der Waals surface area contributed by atoms with Crippen molar-refractivity contribution in [3.63, 3.8) is 0 Å². The number of likely N-dealkylation sites (N-methyl/N-ethyl adjacent to an activating group) is 1. The molecule has 0 N–H and O–H groups in total. The Bertz CT molecular complexity index is 775. The molecule has 0 aromatic rings. The Morgan fingerprint density at radius 2 is 1.19 bits per heavy atom. The monoisotopic (exact) mass is 649 g/mol. The Kier molecular flexibility index (Phi) is 26.2. The number of rotatable bonds is 30. The van der Waals surface area contributed by atoms with Gasteiger partial charge in [0.05, 0.1) is 33.4 Å². The van der Waals surface area contributed by atoms with Crippen LogP contribution >= 0.6 is 5.69 Å². The molecule has 0 amide bonds. The first-order valence-corrected chi connectivity index (χ1v) is 19.6. The molecule has 2 unspecified atom stereocenters. The molecule has 0 aliphatic rings. The molecule has 0 rings (SSSR count). The molecular weight excluding hydrogens is 589 g/mol. The zero-order valence-corrected chi connectivity index (χ0v) is 29.4. The minimum atomic E-state index is -2.94. The molecule has 246 valence electrons. The van der Waals surface area contributed by atoms with Gasteiger partial charge in [-0.25, -0.2) is 0 Å². The van der Waals surface area contributed by atoms with Crippen LogP contribution in [0, 0.1) is 0 Å². The highest BCUT2D eigenvalue weighted by Crippen LogP contribution is 2.46. The summed E-state index contributed by atoms with van der Waals surface area (Å²) in [5.74, 6) is -0.630. The number of unbranched alkanes of at least 4 members (excludes halogenated alkanes) is 14. The fourth-order valence-electron chi connectivity index (χ4n) is 4.14. The molecule has 0 aromatic heterocycles. The summed E-state index contributed by atoms with van der Waals surface area (Å²) < 4.78 is 23.2. The van der Waals surface area contributed by atoms with Crippen LogP contribution in [0.3, 0.4) is 0 Å². The van der Waals surface area contributed by atoms with Crippen molar-refractivity contribution in [3.05, 3.63) is 25.3 Å². The molecule has 0 spiro atoms. The molecule has 0 saturated heterocycles. The standard InChI is InChI=1S/C32H60NO6PS2/c1-6-8-10-12-14-16-18-20-22-24-31(34)36-28-30(29-38-40(41,42)37-27-26-33(3,4)5)39-32(35)25-23-21-19-17-15-13-11-9-7-2/h6-7,30H,1-2,8-29H2,3-5H3. The molecule has 2 atom stereocenters. The molecule has 0 saturated carbocycles. The number of carbonyl (C=O) groups is 2. The molecular formula is C32H60NO6PS2. The summed E-state index contributed by atoms with van der Waals surface area (Å²) in [6, 6.07) is 0. The topological polar surface area (TPSA) is 71.1 Å². The predicted molar refractivity (Wildman–Crippen MR) is 181 cm³/mol. The summed E-state index contributed by atoms with van der Waals surface area (Å²) in [5.41, 5.74) is -2.94. The van der Waals surface area contributed by atoms with Crippen LogP contribution in [0.5, 0.6) is 0 Å². The number of nitrogens with zero attached hydrogens (tertiary/aromatic N) is 1. The van der Waals surface area contributed by atoms with E-state index in [0.717, 1.165) is 57.9 Å². The van der Waals surface area contributed by atoms with Crippen LogP contribution in [0.1, 0.15) is 116 Å². The van der Waals surface area contributed by atoms with Gasteiger partial charge in [-0.3, -0.25) is 9.59 Å². The molecule has 0 radical (unpaired) electrons. The number of esters is 2. The molecule has 10 heteroatoms. The Morgan fingerprint density at radius 1 is 0.738 bits per heavy atom. The van der Waals surface area contributed by atoms with Gasteiger partial charge in [-0.2, -0.15) is 0 Å². The summed E-state index contributed by atoms with van der Waals surface area (Å²) >= 11 is 10.8. The zero-order valence-electron chi connectivity index (χ0n) is 26.9. The lowest BCUT2D eigenvalue weighted by molar-refractivity contribution is -0.870. The van der Waals surface area contributed by atoms with Crippen LogP contribution in [-0.2, 0) is 52.2 Å². The third-order valence-electron chi connectivity index (χ3n) is 6.74. The molecule has 42 heavy (non-hydrogen) atoms. The van der Waals surface area contributed by atoms with Gasteiger partial charge in [0.2, 0.25) is 0 Å². The smallest absolute Gasteiger partial charge is 0.306 e. The average molecular weight is 650 g/mol. The average Bonchev–Trinajstić information content (AvgIpc) is 2.92. The fourth-order valence-corrected chi connectivity index (χ4v) is 5.68. The van der Waals surface area contributed by atoms with Gasteiger partial charge in [0.1, 0.15) is 19.8 Å². The van der Waals surface area contributed by atoms with Crippen LogP contribution in [0.15, 0.2) is 25.3 Å². The van der Waals surface area contributed by atoms with Crippen LogP contribution in [0.25, 0.3) is 0 Å². The Labute approximate surface area is 268 Å². The lowest BCUT2D eigenvalue weighted by atomic mass is 10.1. The Balaban J connectivity index is 4.52. The Morgan fingerprint density at radius 3 is 1.67 bits per heavy atom. The van der Waals surface area contributed by atoms with Gasteiger partial charge in [0.15, 0.2) is 6.10 Å². The van der Waals surface area contributed by atoms with Crippen molar-refractivity contribution in [2.45, 2.75) is 122 Å². The van der Waals surface area contributed by atoms with E-state index >= 15 is 0 Å². The second-order valence-electron chi connectivity index (χ2n) is 12.0. The zero-order chi connectivity index (χ0) is 31.5. The maximum atomic E-state index is 12.6. The van der Waals surface area contributed by atoms with Gasteiger partial charge in [-0.15, -0.1) is 13.2 Å². The minimum Gasteiger partial charge on any atom is -0.691 e. The normalized spacial score (nSPS) is 13.7. The van der Waals surface area contributed by atoms with Crippen molar-refractivity contribution in [1.29, 1.82) is 0 Å². The highest BCUT2D eigenvalue weighted by Gasteiger charge is 2.19. The van der Waals surface area contributed by atoms with E-state index in [1.807, 2.05) is 12.2 Å². The molecule has 0 bridgehead atoms. The number of ether oxygens (including phenoxy) is 2. The first kappa shape index (κ1) is 41.3. The highest BCUT2D eigenvalue weighted by atomic mass is 32.9. The van der Waals surface area contributed by atoms with E-state index in [1.165, 1.54) is 51.4 Å². The number of quaternary nitrogens is 1. The van der Waals surface area contributed by atoms with E-state index in [9.17, 15) is 9.59 Å². The summed E-state index contributed by atoms with van der Waals surface area (Å²) in [6.45, 7) is 8.49. The lowest BCUT2D eigenvalue weighted by Crippen LogP contribution is -2.37. The predicted octanol–water partition coefficient (Wildman–Crippen LogP) is 8.35. The third-order valence-corrected chi connectivity index (χ3v) is 8.97. The third kappa shape index (κ3) is 29.4. The molecule has 0 fully saturated rings. The van der Waals surface area contributed by atoms with Crippen LogP contribution in [0.4, 0.5) is 0 Å². The summed E-state index contributed by atoms with van der Waals surface area (Å²) in [6.07, 6.45) is 21.3. The van der Waals surface area contributed by atoms with E-state index in [1.54, 1.807) is 0 Å². The van der Waals surface area contributed by atoms with Gasteiger partial charge >= 0.3 is 11.9 Å². The fraction of sp³-hybridized carbons (Fsp3) is 0.812. The lowest BCUT2D eigenvalue weighted by Gasteiger charge is -2.32. The largest absolute Gasteiger partial charge is 0.691 e. The van der Waals surface area contributed by atoms with Gasteiger partial charge in [0, 0.05) is 12.8 Å². The summed E-state index contributed by atoms with van der Waals surface area (Å²) in [5, 5.41) is 0. The van der Waals surface area contributed by atoms with E-state index < -0.39 is 11.8 Å². The van der Waals surface area contributed by atoms with Gasteiger partial charge in [-0.1, -0.05) is 88.2 Å². The number of carbonyl (C=O) groups excluding carboxylic acids is 2. The second kappa shape index (κ2) is 26.7. The molecule has 0 aliphatic carbocycles. The highest BCUT2D eigenvalue weighted by molar-refractivity contribution is 8.51.